The molecule has 0 radical (unpaired) electrons. The maximum atomic E-state index is 12.5. The van der Waals surface area contributed by atoms with Gasteiger partial charge in [0.05, 0.1) is 52.4 Å². The van der Waals surface area contributed by atoms with Crippen molar-refractivity contribution >= 4 is 58.2 Å². The van der Waals surface area contributed by atoms with Crippen LogP contribution in [0.25, 0.3) is 0 Å². The van der Waals surface area contributed by atoms with Crippen molar-refractivity contribution in [1.82, 2.24) is 4.98 Å². The largest absolute Gasteiger partial charge is 0.497 e. The first-order valence-corrected chi connectivity index (χ1v) is 17.9. The van der Waals surface area contributed by atoms with Crippen LogP contribution in [-0.4, -0.2) is 47.5 Å². The Hall–Kier alpha value is -8.13. The summed E-state index contributed by atoms with van der Waals surface area (Å²) in [5.74, 6) is -0.673. The number of ether oxygens (including phenoxy) is 1. The Balaban J connectivity index is 0.000000177. The molecule has 1 aromatic heterocycles. The monoisotopic (exact) mass is 773 g/mol. The molecule has 5 aromatic carbocycles. The number of para-hydroxylation sites is 4. The molecule has 6 aromatic rings. The number of hydrogen-bond donors (Lipinski definition) is 2. The average molecular weight is 774 g/mol. The number of nitrogens with two attached hydrogens (primary N) is 2. The number of nitrogens with zero attached hydrogens (tertiary/aromatic N) is 5. The molecule has 0 atom stereocenters. The Morgan fingerprint density at radius 2 is 1.03 bits per heavy atom. The lowest BCUT2D eigenvalue weighted by molar-refractivity contribution is 0.0507. The average Bonchev–Trinajstić information content (AvgIpc) is 3.49. The number of fused-ring (bicyclic) bond motifs is 4. The van der Waals surface area contributed by atoms with Crippen molar-refractivity contribution in [3.63, 3.8) is 0 Å². The summed E-state index contributed by atoms with van der Waals surface area (Å²) in [4.78, 5) is 66.4. The molecule has 58 heavy (non-hydrogen) atoms. The molecule has 0 bridgehead atoms. The maximum Gasteiger partial charge on any atom is 0.367 e. The van der Waals surface area contributed by atoms with Gasteiger partial charge in [-0.1, -0.05) is 89.2 Å². The SMILES string of the molecule is COc1cccc(C(=O)ON=C2Cc3ccccc3N(C(N)=O)c3ccccc32)c1.NC(=O)N1c2ccccc2CC(=NOC(=O)c2cccnc2)c2ccccc21. The van der Waals surface area contributed by atoms with Crippen LogP contribution in [-0.2, 0) is 22.5 Å². The summed E-state index contributed by atoms with van der Waals surface area (Å²) in [6, 6.07) is 37.9. The number of carbonyl (C=O) groups excluding carboxylic acids is 4. The summed E-state index contributed by atoms with van der Waals surface area (Å²) in [6.45, 7) is 0. The lowest BCUT2D eigenvalue weighted by Gasteiger charge is -2.22. The number of oxime groups is 2. The van der Waals surface area contributed by atoms with Crippen molar-refractivity contribution in [2.75, 3.05) is 16.9 Å². The Morgan fingerprint density at radius 3 is 1.52 bits per heavy atom. The number of rotatable bonds is 5. The van der Waals surface area contributed by atoms with Crippen LogP contribution in [0.5, 0.6) is 5.75 Å². The number of benzene rings is 5. The summed E-state index contributed by atoms with van der Waals surface area (Å²) in [6.07, 6.45) is 3.72. The van der Waals surface area contributed by atoms with Gasteiger partial charge in [-0.25, -0.2) is 19.2 Å². The first-order valence-electron chi connectivity index (χ1n) is 17.9. The number of amides is 4. The Bertz CT molecular complexity index is 2590. The van der Waals surface area contributed by atoms with Gasteiger partial charge in [0.25, 0.3) is 0 Å². The summed E-state index contributed by atoms with van der Waals surface area (Å²) in [7, 11) is 1.52. The molecule has 288 valence electrons. The van der Waals surface area contributed by atoms with Crippen LogP contribution in [0.3, 0.4) is 0 Å². The fraction of sp³-hybridized carbons (Fsp3) is 0.0682. The van der Waals surface area contributed by atoms with Gasteiger partial charge in [-0.2, -0.15) is 0 Å². The molecule has 0 unspecified atom stereocenters. The molecule has 3 heterocycles. The topological polar surface area (TPSA) is 192 Å². The molecule has 2 aliphatic rings. The van der Waals surface area contributed by atoms with Crippen LogP contribution in [0.2, 0.25) is 0 Å². The minimum Gasteiger partial charge on any atom is -0.497 e. The predicted octanol–water partition coefficient (Wildman–Crippen LogP) is 7.44. The quantitative estimate of drug-likeness (QED) is 0.133. The highest BCUT2D eigenvalue weighted by Gasteiger charge is 2.29. The highest BCUT2D eigenvalue weighted by Crippen LogP contribution is 2.37. The molecule has 4 amide bonds. The van der Waals surface area contributed by atoms with Gasteiger partial charge in [-0.05, 0) is 65.7 Å². The molecule has 4 N–H and O–H groups in total. The van der Waals surface area contributed by atoms with E-state index in [1.54, 1.807) is 54.7 Å². The summed E-state index contributed by atoms with van der Waals surface area (Å²) in [5, 5.41) is 8.27. The number of pyridine rings is 1. The minimum absolute atomic E-state index is 0.299. The van der Waals surface area contributed by atoms with Crippen molar-refractivity contribution in [1.29, 1.82) is 0 Å². The first kappa shape index (κ1) is 38.2. The smallest absolute Gasteiger partial charge is 0.367 e. The highest BCUT2D eigenvalue weighted by atomic mass is 16.7. The zero-order valence-corrected chi connectivity index (χ0v) is 31.0. The van der Waals surface area contributed by atoms with Crippen molar-refractivity contribution in [3.8, 4) is 5.75 Å². The summed E-state index contributed by atoms with van der Waals surface area (Å²) >= 11 is 0. The van der Waals surface area contributed by atoms with E-state index in [0.29, 0.717) is 75.0 Å². The molecular weight excluding hydrogens is 739 g/mol. The number of urea groups is 2. The standard InChI is InChI=1S/C23H19N3O4.C21H16N4O3/c1-29-17-9-6-8-16(13-17)22(27)30-25-19-14-15-7-2-4-11-20(15)26(23(24)28)21-12-5-3-10-18(19)21;22-21(27)25-18-9-3-1-6-14(18)12-17(16-8-2-4-10-19(16)25)24-28-20(26)15-7-5-11-23-13-15/h2-13H,14H2,1H3,(H2,24,28);1-11,13H,12H2,(H2,22,27). The number of primary amides is 2. The molecule has 0 saturated heterocycles. The van der Waals surface area contributed by atoms with Gasteiger partial charge in [0.1, 0.15) is 5.75 Å². The summed E-state index contributed by atoms with van der Waals surface area (Å²) < 4.78 is 5.14. The van der Waals surface area contributed by atoms with E-state index >= 15 is 0 Å². The zero-order valence-electron chi connectivity index (χ0n) is 31.0. The third-order valence-corrected chi connectivity index (χ3v) is 9.21. The van der Waals surface area contributed by atoms with E-state index in [2.05, 4.69) is 15.3 Å². The molecule has 0 aliphatic carbocycles. The van der Waals surface area contributed by atoms with E-state index in [-0.39, 0.29) is 0 Å². The molecular formula is C44H35N7O7. The number of aromatic nitrogens is 1. The normalized spacial score (nSPS) is 13.9. The van der Waals surface area contributed by atoms with Crippen LogP contribution >= 0.6 is 0 Å². The predicted molar refractivity (Wildman–Crippen MR) is 218 cm³/mol. The van der Waals surface area contributed by atoms with Gasteiger partial charge in [-0.3, -0.25) is 14.8 Å². The first-order chi connectivity index (χ1) is 28.2. The lowest BCUT2D eigenvalue weighted by Crippen LogP contribution is -2.32. The molecule has 0 spiro atoms. The molecule has 8 rings (SSSR count). The van der Waals surface area contributed by atoms with E-state index in [0.717, 1.165) is 11.1 Å². The number of carbonyl (C=O) groups is 4. The Labute approximate surface area is 332 Å². The van der Waals surface area contributed by atoms with Crippen LogP contribution in [0.1, 0.15) is 43.0 Å². The van der Waals surface area contributed by atoms with Crippen molar-refractivity contribution in [2.24, 2.45) is 21.8 Å². The lowest BCUT2D eigenvalue weighted by atomic mass is 10.0. The van der Waals surface area contributed by atoms with Crippen LogP contribution in [0.4, 0.5) is 32.3 Å². The van der Waals surface area contributed by atoms with Crippen molar-refractivity contribution in [3.05, 3.63) is 179 Å². The third kappa shape index (κ3) is 8.11. The molecule has 14 heteroatoms. The zero-order chi connectivity index (χ0) is 40.6. The number of hydrogen-bond acceptors (Lipinski definition) is 10. The Kier molecular flexibility index (Phi) is 11.3. The molecule has 0 saturated carbocycles. The van der Waals surface area contributed by atoms with Crippen LogP contribution in [0.15, 0.2) is 156 Å². The van der Waals surface area contributed by atoms with E-state index in [1.807, 2.05) is 84.9 Å². The van der Waals surface area contributed by atoms with Gasteiger partial charge in [0, 0.05) is 36.4 Å². The second-order valence-electron chi connectivity index (χ2n) is 12.8. The molecule has 14 nitrogen and oxygen atoms in total. The second-order valence-corrected chi connectivity index (χ2v) is 12.8. The van der Waals surface area contributed by atoms with Crippen molar-refractivity contribution in [2.45, 2.75) is 12.8 Å². The van der Waals surface area contributed by atoms with Crippen LogP contribution < -0.4 is 26.0 Å². The fourth-order valence-electron chi connectivity index (χ4n) is 6.56. The number of methoxy groups -OCH3 is 1. The van der Waals surface area contributed by atoms with E-state index in [1.165, 1.54) is 23.1 Å². The number of anilines is 4. The fourth-order valence-corrected chi connectivity index (χ4v) is 6.56. The molecule has 2 aliphatic heterocycles. The highest BCUT2D eigenvalue weighted by molar-refractivity contribution is 6.15. The van der Waals surface area contributed by atoms with Gasteiger partial charge in [0.2, 0.25) is 0 Å². The van der Waals surface area contributed by atoms with Crippen molar-refractivity contribution < 1.29 is 33.6 Å². The van der Waals surface area contributed by atoms with Gasteiger partial charge in [0.15, 0.2) is 0 Å². The van der Waals surface area contributed by atoms with E-state index in [9.17, 15) is 19.2 Å². The third-order valence-electron chi connectivity index (χ3n) is 9.21. The van der Waals surface area contributed by atoms with Gasteiger partial charge in [-0.15, -0.1) is 0 Å². The van der Waals surface area contributed by atoms with Gasteiger partial charge >= 0.3 is 24.0 Å². The maximum absolute atomic E-state index is 12.5. The van der Waals surface area contributed by atoms with Gasteiger partial charge < -0.3 is 25.9 Å². The summed E-state index contributed by atoms with van der Waals surface area (Å²) in [5.41, 5.74) is 18.5. The van der Waals surface area contributed by atoms with Crippen LogP contribution in [0, 0.1) is 0 Å². The molecule has 0 fully saturated rings. The second kappa shape index (κ2) is 17.1. The van der Waals surface area contributed by atoms with E-state index < -0.39 is 24.0 Å². The Morgan fingerprint density at radius 1 is 0.569 bits per heavy atom. The minimum atomic E-state index is -0.609. The van der Waals surface area contributed by atoms with E-state index in [4.69, 9.17) is 25.9 Å².